The number of fused-ring (bicyclic) bond motifs is 4. The molecule has 5 N–H and O–H groups in total. The molecular formula is C40H46F3N5O9. The van der Waals surface area contributed by atoms with Crippen molar-refractivity contribution in [2.75, 3.05) is 57.9 Å². The standard InChI is InChI=1S/C37H40F3N5O3.3CH2O2/c1-4-26-29(38)10-7-22-15-25(46)16-27(31(22)26)32-30(39)17-28-34(33(32)40)42-36(43-35(28)45-18-23-8-9-24(19-45)41-23)48-21-37(2)11-5-6-12-44(20-37)13-14-47-3;3*2-1-3/h1,7,10,15-17,23-24,41,46H,5-6,8-9,11-14,18-21H2,2-3H3;3*1H,(H,2,3)/t23-,24+,37?;;;. The van der Waals surface area contributed by atoms with Gasteiger partial charge in [0.2, 0.25) is 0 Å². The summed E-state index contributed by atoms with van der Waals surface area (Å²) < 4.78 is 59.8. The maximum atomic E-state index is 16.9. The molecule has 3 saturated heterocycles. The molecule has 0 aliphatic carbocycles. The molecule has 3 aliphatic heterocycles. The second-order valence-electron chi connectivity index (χ2n) is 14.1. The van der Waals surface area contributed by atoms with Crippen LogP contribution >= 0.6 is 0 Å². The Labute approximate surface area is 327 Å². The van der Waals surface area contributed by atoms with Crippen LogP contribution in [0.3, 0.4) is 0 Å². The van der Waals surface area contributed by atoms with Crippen molar-refractivity contribution in [1.29, 1.82) is 0 Å². The lowest BCUT2D eigenvalue weighted by molar-refractivity contribution is -0.123. The lowest BCUT2D eigenvalue weighted by Crippen LogP contribution is -2.51. The number of rotatable bonds is 8. The lowest BCUT2D eigenvalue weighted by Gasteiger charge is -2.35. The molecule has 3 aromatic carbocycles. The van der Waals surface area contributed by atoms with E-state index in [2.05, 4.69) is 32.9 Å². The minimum absolute atomic E-state index is 0.00452. The van der Waals surface area contributed by atoms with Crippen molar-refractivity contribution < 1.29 is 57.5 Å². The Morgan fingerprint density at radius 1 is 1.00 bits per heavy atom. The van der Waals surface area contributed by atoms with E-state index in [0.717, 1.165) is 51.7 Å². The predicted molar refractivity (Wildman–Crippen MR) is 206 cm³/mol. The zero-order valence-corrected chi connectivity index (χ0v) is 31.6. The van der Waals surface area contributed by atoms with Gasteiger partial charge in [-0.3, -0.25) is 14.4 Å². The van der Waals surface area contributed by atoms with Crippen LogP contribution in [-0.2, 0) is 19.1 Å². The zero-order chi connectivity index (χ0) is 41.7. The van der Waals surface area contributed by atoms with Crippen LogP contribution in [0.15, 0.2) is 30.3 Å². The molecule has 0 spiro atoms. The highest BCUT2D eigenvalue weighted by molar-refractivity contribution is 6.04. The molecule has 2 bridgehead atoms. The van der Waals surface area contributed by atoms with Gasteiger partial charge in [-0.15, -0.1) is 6.42 Å². The number of phenols is 1. The van der Waals surface area contributed by atoms with Crippen molar-refractivity contribution >= 4 is 46.9 Å². The summed E-state index contributed by atoms with van der Waals surface area (Å²) in [5.41, 5.74) is -1.02. The Balaban J connectivity index is 0.000000733. The Bertz CT molecular complexity index is 2060. The number of nitrogens with one attached hydrogen (secondary N) is 1. The average Bonchev–Trinajstić information content (AvgIpc) is 3.39. The van der Waals surface area contributed by atoms with Crippen LogP contribution in [0.25, 0.3) is 32.8 Å². The van der Waals surface area contributed by atoms with Gasteiger partial charge in [0, 0.05) is 67.1 Å². The van der Waals surface area contributed by atoms with E-state index in [1.165, 1.54) is 30.3 Å². The fourth-order valence-corrected chi connectivity index (χ4v) is 7.80. The van der Waals surface area contributed by atoms with E-state index in [0.29, 0.717) is 37.5 Å². The molecule has 17 heteroatoms. The monoisotopic (exact) mass is 797 g/mol. The van der Waals surface area contributed by atoms with Crippen molar-refractivity contribution in [3.05, 3.63) is 53.3 Å². The summed E-state index contributed by atoms with van der Waals surface area (Å²) in [5.74, 6) is -0.104. The van der Waals surface area contributed by atoms with Crippen LogP contribution in [0.5, 0.6) is 11.8 Å². The number of likely N-dealkylation sites (tertiary alicyclic amines) is 1. The smallest absolute Gasteiger partial charge is 0.319 e. The van der Waals surface area contributed by atoms with E-state index in [1.54, 1.807) is 7.11 Å². The molecule has 7 rings (SSSR count). The minimum atomic E-state index is -0.970. The quantitative estimate of drug-likeness (QED) is 0.117. The molecule has 3 atom stereocenters. The minimum Gasteiger partial charge on any atom is -0.508 e. The van der Waals surface area contributed by atoms with E-state index in [9.17, 15) is 9.50 Å². The molecule has 0 radical (unpaired) electrons. The number of nitrogens with zero attached hydrogens (tertiary/aromatic N) is 4. The van der Waals surface area contributed by atoms with Crippen molar-refractivity contribution in [3.63, 3.8) is 0 Å². The second kappa shape index (κ2) is 20.5. The number of aromatic hydroxyl groups is 1. The van der Waals surface area contributed by atoms with E-state index in [4.69, 9.17) is 50.6 Å². The van der Waals surface area contributed by atoms with Crippen LogP contribution in [0.4, 0.5) is 19.0 Å². The Hall–Kier alpha value is -5.70. The third-order valence-electron chi connectivity index (χ3n) is 10.1. The van der Waals surface area contributed by atoms with Gasteiger partial charge in [0.15, 0.2) is 5.82 Å². The molecule has 4 heterocycles. The molecule has 14 nitrogen and oxygen atoms in total. The Kier molecular flexibility index (Phi) is 15.8. The van der Waals surface area contributed by atoms with Crippen molar-refractivity contribution in [1.82, 2.24) is 20.2 Å². The molecule has 1 unspecified atom stereocenters. The maximum absolute atomic E-state index is 16.9. The van der Waals surface area contributed by atoms with Crippen molar-refractivity contribution in [2.24, 2.45) is 5.41 Å². The number of benzene rings is 3. The van der Waals surface area contributed by atoms with Gasteiger partial charge in [-0.2, -0.15) is 9.97 Å². The number of hydrogen-bond acceptors (Lipinski definition) is 11. The van der Waals surface area contributed by atoms with Gasteiger partial charge in [0.05, 0.1) is 24.3 Å². The number of halogens is 3. The number of hydrogen-bond donors (Lipinski definition) is 5. The lowest BCUT2D eigenvalue weighted by atomic mass is 9.86. The predicted octanol–water partition coefficient (Wildman–Crippen LogP) is 5.11. The number of terminal acetylenes is 1. The largest absolute Gasteiger partial charge is 0.508 e. The summed E-state index contributed by atoms with van der Waals surface area (Å²) in [6.07, 6.45) is 10.8. The van der Waals surface area contributed by atoms with Crippen LogP contribution in [0.1, 0.15) is 44.6 Å². The molecule has 0 saturated carbocycles. The van der Waals surface area contributed by atoms with Crippen LogP contribution in [0.2, 0.25) is 0 Å². The first-order valence-electron chi connectivity index (χ1n) is 18.1. The Morgan fingerprint density at radius 2 is 1.67 bits per heavy atom. The molecule has 0 amide bonds. The van der Waals surface area contributed by atoms with Gasteiger partial charge in [-0.05, 0) is 61.9 Å². The number of piperazine rings is 1. The number of carboxylic acid groups (broad SMARTS) is 3. The van der Waals surface area contributed by atoms with Gasteiger partial charge in [0.1, 0.15) is 28.7 Å². The molecule has 306 valence electrons. The Morgan fingerprint density at radius 3 is 2.30 bits per heavy atom. The van der Waals surface area contributed by atoms with Crippen LogP contribution < -0.4 is 15.0 Å². The zero-order valence-electron chi connectivity index (χ0n) is 31.6. The summed E-state index contributed by atoms with van der Waals surface area (Å²) in [5, 5.41) is 35.5. The number of aromatic nitrogens is 2. The highest BCUT2D eigenvalue weighted by atomic mass is 19.1. The molecule has 57 heavy (non-hydrogen) atoms. The second-order valence-corrected chi connectivity index (χ2v) is 14.1. The van der Waals surface area contributed by atoms with Crippen molar-refractivity contribution in [2.45, 2.75) is 51.1 Å². The fraction of sp³-hybridized carbons (Fsp3) is 0.425. The van der Waals surface area contributed by atoms with Gasteiger partial charge >= 0.3 is 6.01 Å². The van der Waals surface area contributed by atoms with Crippen molar-refractivity contribution in [3.8, 4) is 35.2 Å². The fourth-order valence-electron chi connectivity index (χ4n) is 7.80. The number of anilines is 1. The first-order chi connectivity index (χ1) is 27.4. The SMILES string of the molecule is C#Cc1c(F)ccc2cc(O)cc(-c3c(F)cc4c(N5C[C@H]6CC[C@@H](C5)N6)nc(OCC5(C)CCCCN(CCOC)C5)nc4c3F)c12.O=CO.O=CO.O=CO. The van der Waals surface area contributed by atoms with E-state index in [1.807, 2.05) is 0 Å². The molecule has 4 aromatic rings. The molecule has 3 fully saturated rings. The van der Waals surface area contributed by atoms with Gasteiger partial charge in [-0.25, -0.2) is 13.2 Å². The third kappa shape index (κ3) is 10.6. The van der Waals surface area contributed by atoms with E-state index < -0.39 is 23.0 Å². The summed E-state index contributed by atoms with van der Waals surface area (Å²) in [7, 11) is 1.70. The summed E-state index contributed by atoms with van der Waals surface area (Å²) in [6, 6.07) is 6.88. The van der Waals surface area contributed by atoms with Gasteiger partial charge < -0.3 is 45.0 Å². The van der Waals surface area contributed by atoms with Crippen LogP contribution in [0, 0.1) is 35.2 Å². The van der Waals surface area contributed by atoms with E-state index in [-0.39, 0.29) is 76.1 Å². The average molecular weight is 798 g/mol. The van der Waals surface area contributed by atoms with E-state index >= 15 is 8.78 Å². The number of ether oxygens (including phenoxy) is 2. The molecular weight excluding hydrogens is 751 g/mol. The number of methoxy groups -OCH3 is 1. The summed E-state index contributed by atoms with van der Waals surface area (Å²) in [4.78, 5) is 38.9. The maximum Gasteiger partial charge on any atom is 0.319 e. The van der Waals surface area contributed by atoms with Gasteiger partial charge in [0.25, 0.3) is 19.4 Å². The number of phenolic OH excluding ortho intramolecular Hbond substituents is 1. The third-order valence-corrected chi connectivity index (χ3v) is 10.1. The first kappa shape index (κ1) is 44.0. The molecule has 3 aliphatic rings. The normalized spacial score (nSPS) is 20.0. The topological polar surface area (TPSA) is 195 Å². The highest BCUT2D eigenvalue weighted by Gasteiger charge is 2.35. The molecule has 1 aromatic heterocycles. The van der Waals surface area contributed by atoms with Gasteiger partial charge in [-0.1, -0.05) is 25.3 Å². The summed E-state index contributed by atoms with van der Waals surface area (Å²) in [6.45, 7) is 6.24. The van der Waals surface area contributed by atoms with Crippen LogP contribution in [-0.4, -0.2) is 120 Å². The summed E-state index contributed by atoms with van der Waals surface area (Å²) >= 11 is 0. The highest BCUT2D eigenvalue weighted by Crippen LogP contribution is 2.42. The number of carbonyl (C=O) groups is 3. The first-order valence-corrected chi connectivity index (χ1v) is 18.1.